The fraction of sp³-hybridized carbons (Fsp3) is 0.375. The van der Waals surface area contributed by atoms with E-state index in [-0.39, 0.29) is 35.2 Å². The molecule has 4 rings (SSSR count). The molecular weight excluding hydrogens is 456 g/mol. The van der Waals surface area contributed by atoms with Crippen LogP contribution >= 0.6 is 0 Å². The van der Waals surface area contributed by atoms with Crippen molar-refractivity contribution in [3.05, 3.63) is 54.1 Å². The van der Waals surface area contributed by atoms with Crippen LogP contribution in [0, 0.1) is 11.8 Å². The lowest BCUT2D eigenvalue weighted by Gasteiger charge is -2.29. The Morgan fingerprint density at radius 2 is 1.68 bits per heavy atom. The van der Waals surface area contributed by atoms with E-state index in [0.29, 0.717) is 30.4 Å². The van der Waals surface area contributed by atoms with E-state index in [0.717, 1.165) is 12.8 Å². The molecule has 0 spiro atoms. The summed E-state index contributed by atoms with van der Waals surface area (Å²) in [5.74, 6) is -1.38. The van der Waals surface area contributed by atoms with Crippen LogP contribution in [-0.4, -0.2) is 50.1 Å². The van der Waals surface area contributed by atoms with Crippen LogP contribution in [0.5, 0.6) is 0 Å². The average Bonchev–Trinajstić information content (AvgIpc) is 3.21. The van der Waals surface area contributed by atoms with Crippen LogP contribution in [0.15, 0.2) is 53.4 Å². The number of rotatable bonds is 6. The molecule has 1 atom stereocenters. The number of amides is 3. The van der Waals surface area contributed by atoms with Gasteiger partial charge in [0, 0.05) is 31.7 Å². The van der Waals surface area contributed by atoms with Gasteiger partial charge in [0.25, 0.3) is 5.91 Å². The minimum Gasteiger partial charge on any atom is -0.366 e. The Morgan fingerprint density at radius 3 is 2.32 bits per heavy atom. The summed E-state index contributed by atoms with van der Waals surface area (Å²) in [5, 5.41) is 2.69. The summed E-state index contributed by atoms with van der Waals surface area (Å²) in [6.07, 6.45) is 1.69. The van der Waals surface area contributed by atoms with Gasteiger partial charge in [-0.1, -0.05) is 19.1 Å². The van der Waals surface area contributed by atoms with Gasteiger partial charge in [-0.25, -0.2) is 8.42 Å². The van der Waals surface area contributed by atoms with Gasteiger partial charge >= 0.3 is 0 Å². The molecule has 2 aromatic carbocycles. The number of hydrogen-bond donors (Lipinski definition) is 2. The number of hydrogen-bond acceptors (Lipinski definition) is 5. The molecule has 3 amide bonds. The maximum absolute atomic E-state index is 12.9. The summed E-state index contributed by atoms with van der Waals surface area (Å²) in [6.45, 7) is 3.28. The second-order valence-corrected chi connectivity index (χ2v) is 10.8. The van der Waals surface area contributed by atoms with E-state index < -0.39 is 21.8 Å². The zero-order valence-electron chi connectivity index (χ0n) is 18.9. The molecule has 0 aliphatic carbocycles. The molecule has 0 saturated carbocycles. The van der Waals surface area contributed by atoms with Gasteiger partial charge in [-0.15, -0.1) is 0 Å². The molecule has 2 heterocycles. The van der Waals surface area contributed by atoms with Gasteiger partial charge in [-0.05, 0) is 55.2 Å². The normalized spacial score (nSPS) is 19.9. The average molecular weight is 485 g/mol. The van der Waals surface area contributed by atoms with Crippen LogP contribution in [0.4, 0.5) is 11.4 Å². The maximum atomic E-state index is 12.9. The minimum absolute atomic E-state index is 0.0105. The van der Waals surface area contributed by atoms with Crippen molar-refractivity contribution in [1.82, 2.24) is 4.31 Å². The fourth-order valence-corrected chi connectivity index (χ4v) is 5.82. The fourth-order valence-electron chi connectivity index (χ4n) is 4.35. The van der Waals surface area contributed by atoms with Crippen molar-refractivity contribution in [3.63, 3.8) is 0 Å². The Morgan fingerprint density at radius 1 is 1.03 bits per heavy atom. The number of benzene rings is 2. The lowest BCUT2D eigenvalue weighted by atomic mass is 10.0. The summed E-state index contributed by atoms with van der Waals surface area (Å²) < 4.78 is 27.4. The van der Waals surface area contributed by atoms with E-state index in [9.17, 15) is 22.8 Å². The van der Waals surface area contributed by atoms with Crippen molar-refractivity contribution in [1.29, 1.82) is 0 Å². The Hall–Kier alpha value is -3.24. The molecule has 2 saturated heterocycles. The monoisotopic (exact) mass is 484 g/mol. The van der Waals surface area contributed by atoms with Crippen LogP contribution in [0.25, 0.3) is 0 Å². The molecule has 2 aliphatic rings. The van der Waals surface area contributed by atoms with E-state index in [2.05, 4.69) is 12.2 Å². The third kappa shape index (κ3) is 4.83. The topological polar surface area (TPSA) is 130 Å². The number of piperidine rings is 1. The number of nitrogens with two attached hydrogens (primary N) is 1. The molecule has 0 aromatic heterocycles. The number of para-hydroxylation sites is 1. The van der Waals surface area contributed by atoms with Crippen molar-refractivity contribution in [2.75, 3.05) is 29.9 Å². The van der Waals surface area contributed by atoms with E-state index in [1.807, 2.05) is 0 Å². The Kier molecular flexibility index (Phi) is 6.72. The van der Waals surface area contributed by atoms with Crippen molar-refractivity contribution >= 4 is 39.1 Å². The van der Waals surface area contributed by atoms with Gasteiger partial charge in [0.2, 0.25) is 21.8 Å². The van der Waals surface area contributed by atoms with Crippen molar-refractivity contribution in [3.8, 4) is 0 Å². The zero-order chi connectivity index (χ0) is 24.5. The molecule has 2 aliphatic heterocycles. The van der Waals surface area contributed by atoms with Crippen molar-refractivity contribution in [2.24, 2.45) is 17.6 Å². The van der Waals surface area contributed by atoms with Gasteiger partial charge in [-0.2, -0.15) is 4.31 Å². The summed E-state index contributed by atoms with van der Waals surface area (Å²) in [5.41, 5.74) is 6.38. The first kappa shape index (κ1) is 23.9. The predicted molar refractivity (Wildman–Crippen MR) is 128 cm³/mol. The zero-order valence-corrected chi connectivity index (χ0v) is 19.8. The second-order valence-electron chi connectivity index (χ2n) is 8.88. The van der Waals surface area contributed by atoms with Gasteiger partial charge in [0.1, 0.15) is 0 Å². The molecule has 2 aromatic rings. The number of carbonyl (C=O) groups is 3. The Bertz CT molecular complexity index is 1200. The van der Waals surface area contributed by atoms with Crippen LogP contribution in [0.2, 0.25) is 0 Å². The van der Waals surface area contributed by atoms with Gasteiger partial charge in [-0.3, -0.25) is 14.4 Å². The largest absolute Gasteiger partial charge is 0.366 e. The molecule has 0 radical (unpaired) electrons. The van der Waals surface area contributed by atoms with Crippen LogP contribution in [-0.2, 0) is 19.6 Å². The van der Waals surface area contributed by atoms with E-state index in [1.165, 1.54) is 27.4 Å². The molecule has 3 N–H and O–H groups in total. The Balaban J connectivity index is 1.44. The first-order valence-electron chi connectivity index (χ1n) is 11.3. The third-order valence-corrected chi connectivity index (χ3v) is 8.39. The molecule has 9 nitrogen and oxygen atoms in total. The smallest absolute Gasteiger partial charge is 0.250 e. The Labute approximate surface area is 199 Å². The highest BCUT2D eigenvalue weighted by atomic mass is 32.2. The summed E-state index contributed by atoms with van der Waals surface area (Å²) in [7, 11) is -3.58. The number of primary amides is 1. The minimum atomic E-state index is -3.58. The molecule has 2 fully saturated rings. The lowest BCUT2D eigenvalue weighted by Crippen LogP contribution is -2.37. The van der Waals surface area contributed by atoms with Crippen LogP contribution in [0.3, 0.4) is 0 Å². The number of carbonyl (C=O) groups excluding carboxylic acids is 3. The SMILES string of the molecule is CC1CCN(S(=O)(=O)c2ccc(N3C[C@H](C(=O)Nc4ccccc4C(N)=O)CC3=O)cc2)CC1. The van der Waals surface area contributed by atoms with Crippen molar-refractivity contribution in [2.45, 2.75) is 31.1 Å². The van der Waals surface area contributed by atoms with Gasteiger partial charge < -0.3 is 16.0 Å². The first-order chi connectivity index (χ1) is 16.2. The highest BCUT2D eigenvalue weighted by Crippen LogP contribution is 2.29. The highest BCUT2D eigenvalue weighted by molar-refractivity contribution is 7.89. The van der Waals surface area contributed by atoms with Gasteiger partial charge in [0.05, 0.1) is 22.1 Å². The molecule has 10 heteroatoms. The number of anilines is 2. The molecule has 0 bridgehead atoms. The number of sulfonamides is 1. The predicted octanol–water partition coefficient (Wildman–Crippen LogP) is 2.20. The van der Waals surface area contributed by atoms with E-state index in [4.69, 9.17) is 5.73 Å². The summed E-state index contributed by atoms with van der Waals surface area (Å²) >= 11 is 0. The highest BCUT2D eigenvalue weighted by Gasteiger charge is 2.36. The lowest BCUT2D eigenvalue weighted by molar-refractivity contribution is -0.122. The second kappa shape index (κ2) is 9.55. The van der Waals surface area contributed by atoms with E-state index >= 15 is 0 Å². The quantitative estimate of drug-likeness (QED) is 0.649. The number of nitrogens with one attached hydrogen (secondary N) is 1. The molecular formula is C24H28N4O5S. The summed E-state index contributed by atoms with van der Waals surface area (Å²) in [4.78, 5) is 38.6. The molecule has 34 heavy (non-hydrogen) atoms. The molecule has 180 valence electrons. The maximum Gasteiger partial charge on any atom is 0.250 e. The van der Waals surface area contributed by atoms with Crippen molar-refractivity contribution < 1.29 is 22.8 Å². The van der Waals surface area contributed by atoms with Crippen LogP contribution in [0.1, 0.15) is 36.5 Å². The summed E-state index contributed by atoms with van der Waals surface area (Å²) in [6, 6.07) is 12.6. The van der Waals surface area contributed by atoms with Gasteiger partial charge in [0.15, 0.2) is 0 Å². The standard InChI is InChI=1S/C24H28N4O5S/c1-16-10-12-27(13-11-16)34(32,33)19-8-6-18(7-9-19)28-15-17(14-22(28)29)24(31)26-21-5-3-2-4-20(21)23(25)30/h2-9,16-17H,10-15H2,1H3,(H2,25,30)(H,26,31)/t17-/m1/s1. The third-order valence-electron chi connectivity index (χ3n) is 6.47. The van der Waals surface area contributed by atoms with Crippen LogP contribution < -0.4 is 16.0 Å². The van der Waals surface area contributed by atoms with E-state index in [1.54, 1.807) is 30.3 Å². The number of nitrogens with zero attached hydrogens (tertiary/aromatic N) is 2. The molecule has 0 unspecified atom stereocenters. The first-order valence-corrected chi connectivity index (χ1v) is 12.7.